The SMILES string of the molecule is CC(=O)N(C)[C@H]1CC2(CCN(C(=O)C(C)(C)Oc3ccc(Cl)c(C)c3)CC2)OC[C@]1(C)O. The summed E-state index contributed by atoms with van der Waals surface area (Å²) in [5.41, 5.74) is -1.70. The van der Waals surface area contributed by atoms with Crippen molar-refractivity contribution < 1.29 is 24.2 Å². The number of likely N-dealkylation sites (N-methyl/N-ethyl adjacent to an activating group) is 1. The van der Waals surface area contributed by atoms with E-state index < -0.39 is 16.8 Å². The van der Waals surface area contributed by atoms with E-state index in [4.69, 9.17) is 21.1 Å². The highest BCUT2D eigenvalue weighted by Crippen LogP contribution is 2.40. The van der Waals surface area contributed by atoms with Gasteiger partial charge in [-0.2, -0.15) is 0 Å². The predicted octanol–water partition coefficient (Wildman–Crippen LogP) is 3.19. The van der Waals surface area contributed by atoms with Crippen LogP contribution in [0.15, 0.2) is 18.2 Å². The highest BCUT2D eigenvalue weighted by Gasteiger charge is 2.51. The molecule has 0 aromatic heterocycles. The second kappa shape index (κ2) is 8.84. The number of halogens is 1. The van der Waals surface area contributed by atoms with Gasteiger partial charge in [0.2, 0.25) is 5.91 Å². The summed E-state index contributed by atoms with van der Waals surface area (Å²) in [4.78, 5) is 28.6. The van der Waals surface area contributed by atoms with E-state index in [1.807, 2.05) is 17.9 Å². The summed E-state index contributed by atoms with van der Waals surface area (Å²) in [5.74, 6) is 0.433. The number of aliphatic hydroxyl groups is 1. The standard InChI is InChI=1S/C24H35ClN2O5/c1-16-13-18(7-8-19(16)25)32-22(3,4)21(29)27-11-9-24(10-12-27)14-20(26(6)17(2)28)23(5,30)15-31-24/h7-8,13,20,30H,9-12,14-15H2,1-6H3/t20-,23-/m0/s1. The van der Waals surface area contributed by atoms with Gasteiger partial charge in [0.05, 0.1) is 18.2 Å². The molecular formula is C24H35ClN2O5. The Kier molecular flexibility index (Phi) is 6.85. The van der Waals surface area contributed by atoms with Crippen LogP contribution in [-0.4, -0.2) is 76.3 Å². The van der Waals surface area contributed by atoms with Crippen molar-refractivity contribution in [1.29, 1.82) is 0 Å². The fraction of sp³-hybridized carbons (Fsp3) is 0.667. The Morgan fingerprint density at radius 2 is 1.94 bits per heavy atom. The average Bonchev–Trinajstić information content (AvgIpc) is 2.72. The average molecular weight is 467 g/mol. The summed E-state index contributed by atoms with van der Waals surface area (Å²) in [6.45, 7) is 9.88. The summed E-state index contributed by atoms with van der Waals surface area (Å²) >= 11 is 6.09. The first-order chi connectivity index (χ1) is 14.8. The van der Waals surface area contributed by atoms with Gasteiger partial charge in [-0.1, -0.05) is 11.6 Å². The lowest BCUT2D eigenvalue weighted by Gasteiger charge is -2.53. The van der Waals surface area contributed by atoms with Gasteiger partial charge in [-0.15, -0.1) is 0 Å². The van der Waals surface area contributed by atoms with E-state index in [-0.39, 0.29) is 24.5 Å². The Bertz CT molecular complexity index is 877. The summed E-state index contributed by atoms with van der Waals surface area (Å²) in [6, 6.07) is 5.03. The van der Waals surface area contributed by atoms with Crippen LogP contribution in [0.1, 0.15) is 52.5 Å². The molecule has 1 aromatic carbocycles. The third kappa shape index (κ3) is 5.05. The molecule has 1 spiro atoms. The number of benzene rings is 1. The monoisotopic (exact) mass is 466 g/mol. The van der Waals surface area contributed by atoms with Crippen LogP contribution >= 0.6 is 11.6 Å². The van der Waals surface area contributed by atoms with Crippen molar-refractivity contribution in [2.75, 3.05) is 26.7 Å². The minimum atomic E-state index is -1.11. The van der Waals surface area contributed by atoms with E-state index in [9.17, 15) is 14.7 Å². The van der Waals surface area contributed by atoms with Crippen LogP contribution in [0.5, 0.6) is 5.75 Å². The lowest BCUT2D eigenvalue weighted by atomic mass is 9.76. The van der Waals surface area contributed by atoms with Crippen LogP contribution in [0.2, 0.25) is 5.02 Å². The van der Waals surface area contributed by atoms with Crippen molar-refractivity contribution in [2.45, 2.75) is 76.7 Å². The molecule has 2 saturated heterocycles. The van der Waals surface area contributed by atoms with Crippen LogP contribution in [0.4, 0.5) is 0 Å². The van der Waals surface area contributed by atoms with Gasteiger partial charge in [-0.25, -0.2) is 0 Å². The van der Waals surface area contributed by atoms with Crippen molar-refractivity contribution >= 4 is 23.4 Å². The summed E-state index contributed by atoms with van der Waals surface area (Å²) < 4.78 is 12.2. The fourth-order valence-electron chi connectivity index (χ4n) is 4.67. The molecule has 2 atom stereocenters. The van der Waals surface area contributed by atoms with Crippen LogP contribution in [-0.2, 0) is 14.3 Å². The lowest BCUT2D eigenvalue weighted by molar-refractivity contribution is -0.210. The summed E-state index contributed by atoms with van der Waals surface area (Å²) in [5, 5.41) is 11.4. The quantitative estimate of drug-likeness (QED) is 0.737. The molecule has 2 heterocycles. The Labute approximate surface area is 195 Å². The number of hydrogen-bond acceptors (Lipinski definition) is 5. The zero-order valence-corrected chi connectivity index (χ0v) is 20.7. The molecule has 2 aliphatic rings. The number of piperidine rings is 1. The summed E-state index contributed by atoms with van der Waals surface area (Å²) in [7, 11) is 1.72. The van der Waals surface area contributed by atoms with Gasteiger partial charge in [0.25, 0.3) is 5.91 Å². The van der Waals surface area contributed by atoms with Crippen LogP contribution in [0.3, 0.4) is 0 Å². The van der Waals surface area contributed by atoms with E-state index in [0.29, 0.717) is 43.1 Å². The molecule has 3 rings (SSSR count). The first-order valence-corrected chi connectivity index (χ1v) is 11.5. The van der Waals surface area contributed by atoms with Crippen molar-refractivity contribution in [3.63, 3.8) is 0 Å². The largest absolute Gasteiger partial charge is 0.478 e. The maximum Gasteiger partial charge on any atom is 0.266 e. The second-order valence-electron chi connectivity index (χ2n) is 9.99. The van der Waals surface area contributed by atoms with Crippen LogP contribution in [0, 0.1) is 6.92 Å². The number of ether oxygens (including phenoxy) is 2. The highest BCUT2D eigenvalue weighted by molar-refractivity contribution is 6.31. The second-order valence-corrected chi connectivity index (χ2v) is 10.4. The number of aryl methyl sites for hydroxylation is 1. The first-order valence-electron chi connectivity index (χ1n) is 11.1. The molecule has 178 valence electrons. The molecule has 7 nitrogen and oxygen atoms in total. The number of carbonyl (C=O) groups excluding carboxylic acids is 2. The number of amides is 2. The predicted molar refractivity (Wildman–Crippen MR) is 123 cm³/mol. The van der Waals surface area contributed by atoms with Crippen LogP contribution < -0.4 is 4.74 Å². The van der Waals surface area contributed by atoms with E-state index in [1.165, 1.54) is 6.92 Å². The van der Waals surface area contributed by atoms with Gasteiger partial charge in [0.1, 0.15) is 11.4 Å². The number of carbonyl (C=O) groups is 2. The zero-order chi connectivity index (χ0) is 23.9. The molecule has 0 aliphatic carbocycles. The Hall–Kier alpha value is -1.83. The minimum Gasteiger partial charge on any atom is -0.478 e. The zero-order valence-electron chi connectivity index (χ0n) is 19.9. The highest BCUT2D eigenvalue weighted by atomic mass is 35.5. The van der Waals surface area contributed by atoms with Crippen LogP contribution in [0.25, 0.3) is 0 Å². The number of nitrogens with zero attached hydrogens (tertiary/aromatic N) is 2. The molecule has 0 unspecified atom stereocenters. The smallest absolute Gasteiger partial charge is 0.266 e. The molecule has 1 N–H and O–H groups in total. The van der Waals surface area contributed by atoms with Gasteiger partial charge in [-0.3, -0.25) is 9.59 Å². The lowest BCUT2D eigenvalue weighted by Crippen LogP contribution is -2.64. The van der Waals surface area contributed by atoms with E-state index in [1.54, 1.807) is 44.9 Å². The van der Waals surface area contributed by atoms with Gasteiger partial charge in [0, 0.05) is 32.1 Å². The molecule has 2 aliphatic heterocycles. The molecule has 0 saturated carbocycles. The van der Waals surface area contributed by atoms with Crippen molar-refractivity contribution in [3.05, 3.63) is 28.8 Å². The Morgan fingerprint density at radius 3 is 2.50 bits per heavy atom. The number of hydrogen-bond donors (Lipinski definition) is 1. The van der Waals surface area contributed by atoms with E-state index in [2.05, 4.69) is 0 Å². The van der Waals surface area contributed by atoms with E-state index >= 15 is 0 Å². The van der Waals surface area contributed by atoms with Gasteiger partial charge >= 0.3 is 0 Å². The summed E-state index contributed by atoms with van der Waals surface area (Å²) in [6.07, 6.45) is 1.84. The molecule has 2 fully saturated rings. The maximum absolute atomic E-state index is 13.3. The molecule has 2 amide bonds. The maximum atomic E-state index is 13.3. The van der Waals surface area contributed by atoms with Gasteiger partial charge in [-0.05, 0) is 70.7 Å². The topological polar surface area (TPSA) is 79.3 Å². The van der Waals surface area contributed by atoms with Crippen molar-refractivity contribution in [1.82, 2.24) is 9.80 Å². The third-order valence-corrected chi connectivity index (χ3v) is 7.32. The number of rotatable bonds is 4. The molecule has 0 bridgehead atoms. The third-order valence-electron chi connectivity index (χ3n) is 6.90. The molecule has 32 heavy (non-hydrogen) atoms. The van der Waals surface area contributed by atoms with Crippen molar-refractivity contribution in [2.24, 2.45) is 0 Å². The number of likely N-dealkylation sites (tertiary alicyclic amines) is 1. The van der Waals surface area contributed by atoms with Gasteiger partial charge in [0.15, 0.2) is 5.60 Å². The molecule has 1 aromatic rings. The normalized spacial score (nSPS) is 25.5. The Morgan fingerprint density at radius 1 is 1.31 bits per heavy atom. The van der Waals surface area contributed by atoms with E-state index in [0.717, 1.165) is 5.56 Å². The van der Waals surface area contributed by atoms with Gasteiger partial charge < -0.3 is 24.4 Å². The molecule has 0 radical (unpaired) electrons. The molecule has 8 heteroatoms. The minimum absolute atomic E-state index is 0.0832. The molecular weight excluding hydrogens is 432 g/mol. The fourth-order valence-corrected chi connectivity index (χ4v) is 4.78. The Balaban J connectivity index is 1.65. The first kappa shape index (κ1) is 24.8. The van der Waals surface area contributed by atoms with Crippen molar-refractivity contribution in [3.8, 4) is 5.75 Å².